The highest BCUT2D eigenvalue weighted by Gasteiger charge is 2.43. The van der Waals surface area contributed by atoms with Gasteiger partial charge in [0, 0.05) is 5.57 Å². The number of carbonyl (C=O) groups excluding carboxylic acids is 1. The van der Waals surface area contributed by atoms with E-state index in [-0.39, 0.29) is 5.78 Å². The number of rotatable bonds is 3. The number of hydrogen-bond acceptors (Lipinski definition) is 4. The molecule has 0 aromatic rings. The highest BCUT2D eigenvalue weighted by atomic mass is 32.2. The summed E-state index contributed by atoms with van der Waals surface area (Å²) in [6, 6.07) is 0. The molecule has 0 aliphatic heterocycles. The Kier molecular flexibility index (Phi) is 4.50. The van der Waals surface area contributed by atoms with Gasteiger partial charge in [-0.1, -0.05) is 29.8 Å². The number of fused-ring (bicyclic) bond motifs is 2. The number of carbonyl (C=O) groups is 1. The molecule has 0 saturated carbocycles. The molecule has 0 aromatic heterocycles. The van der Waals surface area contributed by atoms with Gasteiger partial charge in [0.1, 0.15) is 6.10 Å². The number of thioether (sulfide) groups is 1. The number of ketones is 1. The maximum absolute atomic E-state index is 12.5. The zero-order valence-corrected chi connectivity index (χ0v) is 11.4. The van der Waals surface area contributed by atoms with Gasteiger partial charge in [0.25, 0.3) is 0 Å². The molecule has 0 aromatic carbocycles. The van der Waals surface area contributed by atoms with Gasteiger partial charge >= 0.3 is 0 Å². The minimum Gasteiger partial charge on any atom is -0.376 e. The standard InChI is InChI=1S/C15H14O3S/c1-19-11-18-15-9-5-3-2-4-8-13(16)12(14(15)17)7-6-10-15/h2-3,7,13,16H,6,10-11H2,1H3/b3-2+. The van der Waals surface area contributed by atoms with Gasteiger partial charge in [-0.15, -0.1) is 11.8 Å². The summed E-state index contributed by atoms with van der Waals surface area (Å²) >= 11 is 1.49. The lowest BCUT2D eigenvalue weighted by Gasteiger charge is -2.31. The molecular formula is C15H14O3S. The van der Waals surface area contributed by atoms with Crippen LogP contribution in [0.1, 0.15) is 12.8 Å². The summed E-state index contributed by atoms with van der Waals surface area (Å²) in [5.74, 6) is 11.1. The number of allylic oxidation sites excluding steroid dienone is 3. The number of hydrogen-bond donors (Lipinski definition) is 1. The van der Waals surface area contributed by atoms with E-state index in [1.807, 2.05) is 6.26 Å². The molecule has 0 heterocycles. The lowest BCUT2D eigenvalue weighted by Crippen LogP contribution is -2.45. The van der Waals surface area contributed by atoms with E-state index >= 15 is 0 Å². The highest BCUT2D eigenvalue weighted by Crippen LogP contribution is 2.30. The number of ether oxygens (including phenoxy) is 1. The lowest BCUT2D eigenvalue weighted by atomic mass is 9.81. The molecule has 2 aliphatic rings. The maximum Gasteiger partial charge on any atom is 0.206 e. The fraction of sp³-hybridized carbons (Fsp3) is 0.400. The van der Waals surface area contributed by atoms with Crippen LogP contribution in [0.15, 0.2) is 23.8 Å². The van der Waals surface area contributed by atoms with Crippen molar-refractivity contribution in [3.8, 4) is 23.7 Å². The second kappa shape index (κ2) is 6.12. The van der Waals surface area contributed by atoms with Crippen molar-refractivity contribution in [2.24, 2.45) is 0 Å². The molecule has 2 atom stereocenters. The molecule has 0 radical (unpaired) electrons. The van der Waals surface area contributed by atoms with Crippen molar-refractivity contribution >= 4 is 17.5 Å². The smallest absolute Gasteiger partial charge is 0.206 e. The first-order valence-corrected chi connectivity index (χ1v) is 7.33. The van der Waals surface area contributed by atoms with E-state index < -0.39 is 11.7 Å². The van der Waals surface area contributed by atoms with Crippen LogP contribution in [-0.2, 0) is 9.53 Å². The van der Waals surface area contributed by atoms with Crippen LogP contribution >= 0.6 is 11.8 Å². The summed E-state index contributed by atoms with van der Waals surface area (Å²) in [6.07, 6.45) is 6.84. The molecule has 1 N–H and O–H groups in total. The Labute approximate surface area is 117 Å². The monoisotopic (exact) mass is 274 g/mol. The largest absolute Gasteiger partial charge is 0.376 e. The van der Waals surface area contributed by atoms with Crippen LogP contribution in [0.5, 0.6) is 0 Å². The van der Waals surface area contributed by atoms with Crippen LogP contribution < -0.4 is 0 Å². The Morgan fingerprint density at radius 3 is 3.11 bits per heavy atom. The summed E-state index contributed by atoms with van der Waals surface area (Å²) in [5.41, 5.74) is -0.846. The summed E-state index contributed by atoms with van der Waals surface area (Å²) in [6.45, 7) is 0. The predicted octanol–water partition coefficient (Wildman–Crippen LogP) is 1.29. The van der Waals surface area contributed by atoms with E-state index in [0.29, 0.717) is 24.4 Å². The number of aliphatic hydroxyl groups excluding tert-OH is 1. The molecule has 0 fully saturated rings. The molecule has 2 bridgehead atoms. The number of aliphatic hydroxyl groups is 1. The van der Waals surface area contributed by atoms with Gasteiger partial charge in [0.05, 0.1) is 5.94 Å². The molecule has 3 nitrogen and oxygen atoms in total. The maximum atomic E-state index is 12.5. The van der Waals surface area contributed by atoms with Gasteiger partial charge in [-0.2, -0.15) is 0 Å². The quantitative estimate of drug-likeness (QED) is 0.622. The average molecular weight is 274 g/mol. The van der Waals surface area contributed by atoms with Gasteiger partial charge in [0.15, 0.2) is 5.60 Å². The van der Waals surface area contributed by atoms with Crippen LogP contribution in [0.4, 0.5) is 0 Å². The normalized spacial score (nSPS) is 30.3. The van der Waals surface area contributed by atoms with Crippen LogP contribution in [-0.4, -0.2) is 34.8 Å². The van der Waals surface area contributed by atoms with E-state index in [1.54, 1.807) is 18.2 Å². The fourth-order valence-corrected chi connectivity index (χ4v) is 2.32. The fourth-order valence-electron chi connectivity index (χ4n) is 2.01. The molecule has 0 amide bonds. The Morgan fingerprint density at radius 1 is 1.53 bits per heavy atom. The molecular weight excluding hydrogens is 260 g/mol. The molecule has 2 unspecified atom stereocenters. The number of Topliss-reactive ketones (excluding diaryl/α,β-unsaturated/α-hetero) is 1. The second-order valence-electron chi connectivity index (χ2n) is 4.20. The van der Waals surface area contributed by atoms with E-state index in [2.05, 4.69) is 23.7 Å². The Hall–Kier alpha value is -1.46. The average Bonchev–Trinajstić information content (AvgIpc) is 2.41. The third-order valence-electron chi connectivity index (χ3n) is 2.95. The van der Waals surface area contributed by atoms with Crippen molar-refractivity contribution in [1.29, 1.82) is 0 Å². The summed E-state index contributed by atoms with van der Waals surface area (Å²) in [4.78, 5) is 12.5. The minimum absolute atomic E-state index is 0.266. The molecule has 19 heavy (non-hydrogen) atoms. The Bertz CT molecular complexity index is 553. The zero-order valence-electron chi connectivity index (χ0n) is 10.6. The first-order chi connectivity index (χ1) is 9.19. The molecule has 2 aliphatic carbocycles. The van der Waals surface area contributed by atoms with Crippen LogP contribution in [0.2, 0.25) is 0 Å². The van der Waals surface area contributed by atoms with Crippen molar-refractivity contribution in [3.63, 3.8) is 0 Å². The van der Waals surface area contributed by atoms with Crippen molar-refractivity contribution in [2.75, 3.05) is 12.2 Å². The predicted molar refractivity (Wildman–Crippen MR) is 75.2 cm³/mol. The molecule has 0 saturated heterocycles. The van der Waals surface area contributed by atoms with Gasteiger partial charge < -0.3 is 9.84 Å². The van der Waals surface area contributed by atoms with Gasteiger partial charge in [-0.3, -0.25) is 4.79 Å². The van der Waals surface area contributed by atoms with Gasteiger partial charge in [0.2, 0.25) is 5.78 Å². The van der Waals surface area contributed by atoms with Crippen LogP contribution in [0, 0.1) is 23.7 Å². The molecule has 2 rings (SSSR count). The topological polar surface area (TPSA) is 46.5 Å². The third kappa shape index (κ3) is 2.93. The Morgan fingerprint density at radius 2 is 2.32 bits per heavy atom. The van der Waals surface area contributed by atoms with E-state index in [1.165, 1.54) is 11.8 Å². The van der Waals surface area contributed by atoms with Crippen molar-refractivity contribution in [3.05, 3.63) is 23.8 Å². The van der Waals surface area contributed by atoms with Gasteiger partial charge in [-0.05, 0) is 31.2 Å². The van der Waals surface area contributed by atoms with Crippen LogP contribution in [0.25, 0.3) is 0 Å². The Balaban J connectivity index is 2.44. The van der Waals surface area contributed by atoms with E-state index in [4.69, 9.17) is 4.74 Å². The highest BCUT2D eigenvalue weighted by molar-refractivity contribution is 7.98. The first kappa shape index (κ1) is 14.0. The van der Waals surface area contributed by atoms with E-state index in [0.717, 1.165) is 0 Å². The second-order valence-corrected chi connectivity index (χ2v) is 5.01. The van der Waals surface area contributed by atoms with Crippen molar-refractivity contribution in [1.82, 2.24) is 0 Å². The summed E-state index contributed by atoms with van der Waals surface area (Å²) in [7, 11) is 0. The summed E-state index contributed by atoms with van der Waals surface area (Å²) < 4.78 is 5.69. The zero-order chi connectivity index (χ0) is 13.7. The van der Waals surface area contributed by atoms with E-state index in [9.17, 15) is 9.90 Å². The van der Waals surface area contributed by atoms with Crippen molar-refractivity contribution < 1.29 is 14.6 Å². The van der Waals surface area contributed by atoms with Gasteiger partial charge in [-0.25, -0.2) is 0 Å². The van der Waals surface area contributed by atoms with Crippen LogP contribution in [0.3, 0.4) is 0 Å². The molecule has 4 heteroatoms. The third-order valence-corrected chi connectivity index (χ3v) is 3.31. The molecule has 0 spiro atoms. The lowest BCUT2D eigenvalue weighted by molar-refractivity contribution is -0.133. The first-order valence-electron chi connectivity index (χ1n) is 5.94. The summed E-state index contributed by atoms with van der Waals surface area (Å²) in [5, 5.41) is 9.95. The molecule has 98 valence electrons. The minimum atomic E-state index is -1.14. The van der Waals surface area contributed by atoms with Crippen molar-refractivity contribution in [2.45, 2.75) is 24.5 Å². The SMILES string of the molecule is CSCOC12C#C/C=C/C#CC(O)C(=CCC1)C2=O.